The first-order valence-electron chi connectivity index (χ1n) is 4.69. The highest BCUT2D eigenvalue weighted by Gasteiger charge is 2.52. The van der Waals surface area contributed by atoms with Gasteiger partial charge >= 0.3 is 5.97 Å². The summed E-state index contributed by atoms with van der Waals surface area (Å²) in [4.78, 5) is 10.8. The predicted octanol–water partition coefficient (Wildman–Crippen LogP) is -4.29. The topological polar surface area (TPSA) is 89.3 Å². The zero-order valence-electron chi connectivity index (χ0n) is 9.71. The first-order valence-corrected chi connectivity index (χ1v) is 4.69. The lowest BCUT2D eigenvalue weighted by molar-refractivity contribution is -0.139. The van der Waals surface area contributed by atoms with Crippen LogP contribution in [0.1, 0.15) is 0 Å². The van der Waals surface area contributed by atoms with E-state index in [1.165, 1.54) is 0 Å². The fourth-order valence-electron chi connectivity index (χ4n) is 1.18. The van der Waals surface area contributed by atoms with E-state index in [2.05, 4.69) is 0 Å². The van der Waals surface area contributed by atoms with E-state index in [1.807, 2.05) is 0 Å². The van der Waals surface area contributed by atoms with Crippen molar-refractivity contribution in [1.82, 2.24) is 0 Å². The Morgan fingerprint density at radius 3 is 1.50 bits per heavy atom. The molecule has 0 saturated heterocycles. The molecule has 0 aliphatic rings. The van der Waals surface area contributed by atoms with Gasteiger partial charge in [-0.05, 0) is 0 Å². The highest BCUT2D eigenvalue weighted by Crippen LogP contribution is 2.59. The molecule has 0 fully saturated rings. The summed E-state index contributed by atoms with van der Waals surface area (Å²) in [6.45, 7) is 0. The fourth-order valence-corrected chi connectivity index (χ4v) is 1.18. The normalized spacial score (nSPS) is 16.1. The lowest BCUT2D eigenvalue weighted by atomic mass is 9.12. The van der Waals surface area contributed by atoms with Crippen LogP contribution in [-0.4, -0.2) is 85.2 Å². The van der Waals surface area contributed by atoms with Crippen molar-refractivity contribution in [3.63, 3.8) is 0 Å². The monoisotopic (exact) mass is 226 g/mol. The van der Waals surface area contributed by atoms with Crippen molar-refractivity contribution in [2.24, 2.45) is 11.5 Å². The second-order valence-electron chi connectivity index (χ2n) is 4.42. The molecule has 0 aromatic carbocycles. The molecule has 0 amide bonds. The van der Waals surface area contributed by atoms with Crippen LogP contribution >= 0.6 is 0 Å². The minimum absolute atomic E-state index is 1.58. The molecule has 0 spiro atoms. The highest BCUT2D eigenvalue weighted by molar-refractivity contribution is 6.66. The molecule has 0 aromatic rings. The van der Waals surface area contributed by atoms with Gasteiger partial charge < -0.3 is 16.6 Å². The SMILES string of the molecule is [B]C([B])(N)C([B])([B])C([B])([B])C([B])([B])C(N)C(=O)O. The van der Waals surface area contributed by atoms with E-state index in [0.717, 1.165) is 0 Å². The van der Waals surface area contributed by atoms with Crippen molar-refractivity contribution in [2.45, 2.75) is 27.0 Å². The van der Waals surface area contributed by atoms with E-state index in [-0.39, 0.29) is 0 Å². The van der Waals surface area contributed by atoms with E-state index in [9.17, 15) is 4.79 Å². The molecule has 0 saturated carbocycles. The van der Waals surface area contributed by atoms with Crippen LogP contribution in [0.25, 0.3) is 0 Å². The van der Waals surface area contributed by atoms with Gasteiger partial charge in [0.2, 0.25) is 0 Å². The van der Waals surface area contributed by atoms with Crippen LogP contribution in [0.4, 0.5) is 0 Å². The molecule has 0 aliphatic carbocycles. The Hall–Kier alpha value is -0.0905. The predicted molar refractivity (Wildman–Crippen MR) is 76.6 cm³/mol. The minimum atomic E-state index is -2.49. The smallest absolute Gasteiger partial charge is 0.319 e. The lowest BCUT2D eigenvalue weighted by Gasteiger charge is -2.62. The van der Waals surface area contributed by atoms with Crippen LogP contribution in [-0.2, 0) is 4.79 Å². The van der Waals surface area contributed by atoms with E-state index in [4.69, 9.17) is 79.3 Å². The number of carbonyl (C=O) groups is 1. The van der Waals surface area contributed by atoms with Gasteiger partial charge in [0, 0.05) is 0 Å². The molecule has 0 aliphatic heterocycles. The molecular formula is C6H6B8N2O2. The Bertz CT molecular complexity index is 339. The zero-order valence-corrected chi connectivity index (χ0v) is 9.71. The molecule has 16 radical (unpaired) electrons. The van der Waals surface area contributed by atoms with E-state index in [1.54, 1.807) is 0 Å². The van der Waals surface area contributed by atoms with Crippen molar-refractivity contribution in [2.75, 3.05) is 0 Å². The highest BCUT2D eigenvalue weighted by atomic mass is 16.4. The largest absolute Gasteiger partial charge is 0.480 e. The third-order valence-corrected chi connectivity index (χ3v) is 2.90. The minimum Gasteiger partial charge on any atom is -0.480 e. The standard InChI is InChI=1S/C6H6B8N2O2/c7-3(8,1(15)2(17)18)4(9,10)5(11,12)6(13,14)16/h1H,15-16H2,(H,17,18). The summed E-state index contributed by atoms with van der Waals surface area (Å²) < 4.78 is 0. The van der Waals surface area contributed by atoms with Gasteiger partial charge in [0.15, 0.2) is 0 Å². The van der Waals surface area contributed by atoms with Gasteiger partial charge in [0.25, 0.3) is 0 Å². The summed E-state index contributed by atoms with van der Waals surface area (Å²) >= 11 is 0. The Balaban J connectivity index is 5.71. The van der Waals surface area contributed by atoms with Gasteiger partial charge in [-0.1, -0.05) is 10.6 Å². The van der Waals surface area contributed by atoms with E-state index in [0.29, 0.717) is 0 Å². The number of aliphatic carboxylic acids is 1. The molecule has 18 heavy (non-hydrogen) atoms. The molecule has 5 N–H and O–H groups in total. The van der Waals surface area contributed by atoms with E-state index < -0.39 is 33.0 Å². The molecular weight excluding hydrogens is 219 g/mol. The molecule has 0 rings (SSSR count). The van der Waals surface area contributed by atoms with Crippen molar-refractivity contribution < 1.29 is 9.90 Å². The molecule has 1 unspecified atom stereocenters. The third kappa shape index (κ3) is 2.60. The summed E-state index contributed by atoms with van der Waals surface area (Å²) in [6.07, 6.45) is 0. The second-order valence-corrected chi connectivity index (χ2v) is 4.42. The Morgan fingerprint density at radius 1 is 0.944 bits per heavy atom. The van der Waals surface area contributed by atoms with Crippen molar-refractivity contribution in [3.05, 3.63) is 0 Å². The van der Waals surface area contributed by atoms with Gasteiger partial charge in [0.05, 0.1) is 68.8 Å². The fraction of sp³-hybridized carbons (Fsp3) is 0.833. The maximum Gasteiger partial charge on any atom is 0.319 e. The quantitative estimate of drug-likeness (QED) is 0.413. The van der Waals surface area contributed by atoms with Gasteiger partial charge in [-0.2, -0.15) is 0 Å². The van der Waals surface area contributed by atoms with Crippen LogP contribution in [0.2, 0.25) is 15.6 Å². The van der Waals surface area contributed by atoms with Crippen LogP contribution in [0, 0.1) is 0 Å². The Kier molecular flexibility index (Phi) is 4.76. The number of hydrogen-bond acceptors (Lipinski definition) is 3. The third-order valence-electron chi connectivity index (χ3n) is 2.90. The van der Waals surface area contributed by atoms with Crippen molar-refractivity contribution in [3.8, 4) is 0 Å². The molecule has 12 heteroatoms. The zero-order chi connectivity index (χ0) is 15.2. The maximum atomic E-state index is 10.8. The van der Waals surface area contributed by atoms with Crippen LogP contribution in [0.3, 0.4) is 0 Å². The number of rotatable bonds is 5. The number of hydrogen-bond donors (Lipinski definition) is 3. The average molecular weight is 225 g/mol. The van der Waals surface area contributed by atoms with Gasteiger partial charge in [-0.3, -0.25) is 4.79 Å². The Morgan fingerprint density at radius 2 is 1.28 bits per heavy atom. The van der Waals surface area contributed by atoms with Gasteiger partial charge in [-0.25, -0.2) is 0 Å². The van der Waals surface area contributed by atoms with Crippen molar-refractivity contribution >= 4 is 68.7 Å². The van der Waals surface area contributed by atoms with Gasteiger partial charge in [-0.15, -0.1) is 10.4 Å². The maximum absolute atomic E-state index is 10.8. The number of carboxylic acid groups (broad SMARTS) is 1. The number of carboxylic acids is 1. The average Bonchev–Trinajstić information content (AvgIpc) is 2.13. The molecule has 4 nitrogen and oxygen atoms in total. The van der Waals surface area contributed by atoms with E-state index >= 15 is 0 Å². The van der Waals surface area contributed by atoms with Crippen LogP contribution < -0.4 is 11.5 Å². The summed E-state index contributed by atoms with van der Waals surface area (Å²) in [7, 11) is 43.9. The second kappa shape index (κ2) is 4.78. The molecule has 1 atom stereocenters. The van der Waals surface area contributed by atoms with Gasteiger partial charge in [0.1, 0.15) is 0 Å². The summed E-state index contributed by atoms with van der Waals surface area (Å²) in [5, 5.41) is -0.864. The lowest BCUT2D eigenvalue weighted by Crippen LogP contribution is -2.64. The molecule has 0 aromatic heterocycles. The summed E-state index contributed by atoms with van der Waals surface area (Å²) in [5.74, 6) is -1.58. The molecule has 76 valence electrons. The summed E-state index contributed by atoms with van der Waals surface area (Å²) in [5.41, 5.74) is 10.6. The van der Waals surface area contributed by atoms with Crippen molar-refractivity contribution in [1.29, 1.82) is 0 Å². The van der Waals surface area contributed by atoms with Crippen LogP contribution in [0.15, 0.2) is 0 Å². The first kappa shape index (κ1) is 17.9. The first-order chi connectivity index (χ1) is 7.60. The Labute approximate surface area is 117 Å². The molecule has 0 heterocycles. The summed E-state index contributed by atoms with van der Waals surface area (Å²) in [6, 6.07) is -1.89. The molecule has 0 bridgehead atoms. The van der Waals surface area contributed by atoms with Crippen LogP contribution in [0.5, 0.6) is 0 Å². The number of nitrogens with two attached hydrogens (primary N) is 2.